The molecule has 1 aromatic rings. The zero-order valence-corrected chi connectivity index (χ0v) is 12.9. The molecule has 1 fully saturated rings. The highest BCUT2D eigenvalue weighted by Gasteiger charge is 2.18. The standard InChI is InChI=1S/C17H24N2O2/c1-3-16(14-19-9-11-21-12-10-19)17(20)18(2)13-15-7-5-4-6-8-15/h3-8H,9-14H2,1-2H3/b16-3+. The summed E-state index contributed by atoms with van der Waals surface area (Å²) in [6, 6.07) is 10.1. The third-order valence-electron chi connectivity index (χ3n) is 3.73. The molecule has 0 N–H and O–H groups in total. The Kier molecular flexibility index (Phi) is 5.96. The topological polar surface area (TPSA) is 32.8 Å². The number of carbonyl (C=O) groups excluding carboxylic acids is 1. The second-order valence-electron chi connectivity index (χ2n) is 5.35. The van der Waals surface area contributed by atoms with Crippen LogP contribution < -0.4 is 0 Å². The van der Waals surface area contributed by atoms with Crippen molar-refractivity contribution in [3.05, 3.63) is 47.5 Å². The quantitative estimate of drug-likeness (QED) is 0.776. The molecule has 0 unspecified atom stereocenters. The van der Waals surface area contributed by atoms with E-state index in [0.717, 1.165) is 37.4 Å². The minimum atomic E-state index is 0.104. The summed E-state index contributed by atoms with van der Waals surface area (Å²) in [7, 11) is 1.86. The molecule has 1 amide bonds. The first kappa shape index (κ1) is 15.7. The zero-order chi connectivity index (χ0) is 15.1. The monoisotopic (exact) mass is 288 g/mol. The maximum absolute atomic E-state index is 12.6. The van der Waals surface area contributed by atoms with Crippen LogP contribution in [0, 0.1) is 0 Å². The average Bonchev–Trinajstić information content (AvgIpc) is 2.54. The molecule has 4 nitrogen and oxygen atoms in total. The summed E-state index contributed by atoms with van der Waals surface area (Å²) in [5, 5.41) is 0. The molecular weight excluding hydrogens is 264 g/mol. The van der Waals surface area contributed by atoms with Gasteiger partial charge in [0.2, 0.25) is 0 Å². The van der Waals surface area contributed by atoms with Crippen LogP contribution in [-0.4, -0.2) is 55.6 Å². The molecule has 0 atom stereocenters. The number of carbonyl (C=O) groups is 1. The van der Waals surface area contributed by atoms with Gasteiger partial charge in [-0.2, -0.15) is 0 Å². The van der Waals surface area contributed by atoms with Crippen molar-refractivity contribution in [2.24, 2.45) is 0 Å². The lowest BCUT2D eigenvalue weighted by molar-refractivity contribution is -0.126. The third-order valence-corrected chi connectivity index (χ3v) is 3.73. The molecule has 114 valence electrons. The number of allylic oxidation sites excluding steroid dienone is 1. The van der Waals surface area contributed by atoms with Gasteiger partial charge in [-0.3, -0.25) is 9.69 Å². The summed E-state index contributed by atoms with van der Waals surface area (Å²) < 4.78 is 5.35. The van der Waals surface area contributed by atoms with Crippen molar-refractivity contribution in [2.45, 2.75) is 13.5 Å². The molecule has 21 heavy (non-hydrogen) atoms. The fourth-order valence-electron chi connectivity index (χ4n) is 2.46. The first-order valence-corrected chi connectivity index (χ1v) is 7.45. The van der Waals surface area contributed by atoms with Gasteiger partial charge in [-0.1, -0.05) is 36.4 Å². The maximum Gasteiger partial charge on any atom is 0.250 e. The Morgan fingerprint density at radius 3 is 2.57 bits per heavy atom. The molecule has 0 bridgehead atoms. The molecule has 0 spiro atoms. The Morgan fingerprint density at radius 2 is 1.95 bits per heavy atom. The first-order valence-electron chi connectivity index (χ1n) is 7.45. The fourth-order valence-corrected chi connectivity index (χ4v) is 2.46. The van der Waals surface area contributed by atoms with Crippen molar-refractivity contribution in [1.29, 1.82) is 0 Å². The highest BCUT2D eigenvalue weighted by molar-refractivity contribution is 5.93. The predicted molar refractivity (Wildman–Crippen MR) is 83.9 cm³/mol. The Labute approximate surface area is 127 Å². The van der Waals surface area contributed by atoms with Gasteiger partial charge < -0.3 is 9.64 Å². The van der Waals surface area contributed by atoms with Gasteiger partial charge in [0.05, 0.1) is 13.2 Å². The van der Waals surface area contributed by atoms with Gasteiger partial charge in [0.15, 0.2) is 0 Å². The zero-order valence-electron chi connectivity index (χ0n) is 12.9. The van der Waals surface area contributed by atoms with E-state index in [9.17, 15) is 4.79 Å². The second kappa shape index (κ2) is 7.96. The van der Waals surface area contributed by atoms with Gasteiger partial charge in [0.1, 0.15) is 0 Å². The van der Waals surface area contributed by atoms with Crippen LogP contribution in [0.5, 0.6) is 0 Å². The van der Waals surface area contributed by atoms with E-state index in [1.165, 1.54) is 0 Å². The van der Waals surface area contributed by atoms with Crippen molar-refractivity contribution in [1.82, 2.24) is 9.80 Å². The molecule has 0 aromatic heterocycles. The summed E-state index contributed by atoms with van der Waals surface area (Å²) in [4.78, 5) is 16.6. The minimum absolute atomic E-state index is 0.104. The number of benzene rings is 1. The summed E-state index contributed by atoms with van der Waals surface area (Å²) in [6.07, 6.45) is 1.93. The van der Waals surface area contributed by atoms with Crippen LogP contribution in [0.25, 0.3) is 0 Å². The summed E-state index contributed by atoms with van der Waals surface area (Å²) in [5.74, 6) is 0.104. The number of morpholine rings is 1. The van der Waals surface area contributed by atoms with Crippen molar-refractivity contribution in [3.8, 4) is 0 Å². The largest absolute Gasteiger partial charge is 0.379 e. The summed E-state index contributed by atoms with van der Waals surface area (Å²) in [6.45, 7) is 6.58. The van der Waals surface area contributed by atoms with Crippen molar-refractivity contribution in [3.63, 3.8) is 0 Å². The van der Waals surface area contributed by atoms with Crippen LogP contribution in [-0.2, 0) is 16.1 Å². The van der Waals surface area contributed by atoms with Crippen LogP contribution in [0.3, 0.4) is 0 Å². The van der Waals surface area contributed by atoms with E-state index in [2.05, 4.69) is 4.90 Å². The van der Waals surface area contributed by atoms with Crippen LogP contribution in [0.1, 0.15) is 12.5 Å². The van der Waals surface area contributed by atoms with Gasteiger partial charge in [0.25, 0.3) is 5.91 Å². The second-order valence-corrected chi connectivity index (χ2v) is 5.35. The lowest BCUT2D eigenvalue weighted by Gasteiger charge is -2.28. The first-order chi connectivity index (χ1) is 10.2. The number of likely N-dealkylation sites (N-methyl/N-ethyl adjacent to an activating group) is 1. The van der Waals surface area contributed by atoms with E-state index < -0.39 is 0 Å². The molecule has 1 aromatic carbocycles. The molecule has 0 aliphatic carbocycles. The normalized spacial score (nSPS) is 16.8. The van der Waals surface area contributed by atoms with Crippen LogP contribution in [0.15, 0.2) is 42.0 Å². The number of nitrogens with zero attached hydrogens (tertiary/aromatic N) is 2. The van der Waals surface area contributed by atoms with Crippen LogP contribution in [0.2, 0.25) is 0 Å². The average molecular weight is 288 g/mol. The van der Waals surface area contributed by atoms with Gasteiger partial charge in [-0.25, -0.2) is 0 Å². The summed E-state index contributed by atoms with van der Waals surface area (Å²) >= 11 is 0. The molecule has 1 saturated heterocycles. The lowest BCUT2D eigenvalue weighted by Crippen LogP contribution is -2.40. The number of rotatable bonds is 5. The predicted octanol–water partition coefficient (Wildman–Crippen LogP) is 1.92. The summed E-state index contributed by atoms with van der Waals surface area (Å²) in [5.41, 5.74) is 2.01. The van der Waals surface area contributed by atoms with Gasteiger partial charge in [-0.15, -0.1) is 0 Å². The van der Waals surface area contributed by atoms with E-state index in [0.29, 0.717) is 13.1 Å². The fraction of sp³-hybridized carbons (Fsp3) is 0.471. The van der Waals surface area contributed by atoms with Gasteiger partial charge in [0, 0.05) is 38.8 Å². The van der Waals surface area contributed by atoms with Gasteiger partial charge >= 0.3 is 0 Å². The number of amides is 1. The van der Waals surface area contributed by atoms with E-state index in [1.54, 1.807) is 4.90 Å². The molecule has 0 radical (unpaired) electrons. The van der Waals surface area contributed by atoms with E-state index in [4.69, 9.17) is 4.74 Å². The molecule has 4 heteroatoms. The van der Waals surface area contributed by atoms with Crippen LogP contribution in [0.4, 0.5) is 0 Å². The Balaban J connectivity index is 1.92. The maximum atomic E-state index is 12.6. The van der Waals surface area contributed by atoms with Crippen molar-refractivity contribution in [2.75, 3.05) is 39.9 Å². The molecular formula is C17H24N2O2. The van der Waals surface area contributed by atoms with Gasteiger partial charge in [-0.05, 0) is 12.5 Å². The van der Waals surface area contributed by atoms with E-state index >= 15 is 0 Å². The van der Waals surface area contributed by atoms with E-state index in [1.807, 2.05) is 50.4 Å². The minimum Gasteiger partial charge on any atom is -0.379 e. The Morgan fingerprint density at radius 1 is 1.29 bits per heavy atom. The Bertz CT molecular complexity index is 479. The number of hydrogen-bond acceptors (Lipinski definition) is 3. The molecule has 1 aliphatic rings. The highest BCUT2D eigenvalue weighted by Crippen LogP contribution is 2.09. The lowest BCUT2D eigenvalue weighted by atomic mass is 10.1. The van der Waals surface area contributed by atoms with Crippen molar-refractivity contribution >= 4 is 5.91 Å². The SMILES string of the molecule is C/C=C(\CN1CCOCC1)C(=O)N(C)Cc1ccccc1. The van der Waals surface area contributed by atoms with Crippen LogP contribution >= 0.6 is 0 Å². The molecule has 0 saturated carbocycles. The number of hydrogen-bond donors (Lipinski definition) is 0. The Hall–Kier alpha value is -1.65. The third kappa shape index (κ3) is 4.69. The van der Waals surface area contributed by atoms with Crippen molar-refractivity contribution < 1.29 is 9.53 Å². The molecule has 1 heterocycles. The smallest absolute Gasteiger partial charge is 0.250 e. The highest BCUT2D eigenvalue weighted by atomic mass is 16.5. The number of ether oxygens (including phenoxy) is 1. The molecule has 2 rings (SSSR count). The molecule has 1 aliphatic heterocycles. The van der Waals surface area contributed by atoms with E-state index in [-0.39, 0.29) is 5.91 Å².